The molecule has 6 heteroatoms. The van der Waals surface area contributed by atoms with Gasteiger partial charge in [0.05, 0.1) is 12.3 Å². The number of aromatic nitrogens is 2. The Balaban J connectivity index is 1.98. The predicted molar refractivity (Wildman–Crippen MR) is 70.3 cm³/mol. The molecule has 0 atom stereocenters. The van der Waals surface area contributed by atoms with Gasteiger partial charge in [-0.25, -0.2) is 4.79 Å². The summed E-state index contributed by atoms with van der Waals surface area (Å²) >= 11 is 0. The van der Waals surface area contributed by atoms with Crippen LogP contribution in [0.3, 0.4) is 0 Å². The highest BCUT2D eigenvalue weighted by Gasteiger charge is 2.16. The number of H-pyrrole nitrogens is 1. The maximum atomic E-state index is 11.1. The molecule has 6 nitrogen and oxygen atoms in total. The van der Waals surface area contributed by atoms with Gasteiger partial charge in [-0.2, -0.15) is 5.10 Å². The van der Waals surface area contributed by atoms with Crippen LogP contribution >= 0.6 is 0 Å². The summed E-state index contributed by atoms with van der Waals surface area (Å²) in [6, 6.07) is 7.08. The minimum Gasteiger partial charge on any atom is -0.493 e. The van der Waals surface area contributed by atoms with E-state index < -0.39 is 5.97 Å². The fourth-order valence-electron chi connectivity index (χ4n) is 1.81. The summed E-state index contributed by atoms with van der Waals surface area (Å²) in [5, 5.41) is 15.7. The number of aromatic carboxylic acids is 1. The topological polar surface area (TPSA) is 101 Å². The van der Waals surface area contributed by atoms with Crippen LogP contribution in [0, 0.1) is 6.92 Å². The molecule has 1 aromatic carbocycles. The van der Waals surface area contributed by atoms with Gasteiger partial charge in [-0.05, 0) is 19.1 Å². The van der Waals surface area contributed by atoms with E-state index in [4.69, 9.17) is 15.6 Å². The minimum atomic E-state index is -0.981. The zero-order valence-corrected chi connectivity index (χ0v) is 10.5. The lowest BCUT2D eigenvalue weighted by atomic mass is 10.1. The van der Waals surface area contributed by atoms with Gasteiger partial charge in [0.1, 0.15) is 11.3 Å². The van der Waals surface area contributed by atoms with Gasteiger partial charge in [0.2, 0.25) is 0 Å². The molecule has 2 aromatic rings. The standard InChI is InChI=1S/C13H15N3O3/c1-8-12(13(17)18)11(16-15-8)5-6-19-10-4-2-3-9(14)7-10/h2-4,7H,5-6,14H2,1H3,(H,15,16)(H,17,18). The number of rotatable bonds is 5. The molecule has 0 saturated carbocycles. The molecule has 0 bridgehead atoms. The van der Waals surface area contributed by atoms with Crippen LogP contribution in [0.4, 0.5) is 5.69 Å². The summed E-state index contributed by atoms with van der Waals surface area (Å²) < 4.78 is 5.51. The molecule has 0 fully saturated rings. The number of benzene rings is 1. The molecule has 0 unspecified atom stereocenters. The van der Waals surface area contributed by atoms with Crippen LogP contribution in [0.1, 0.15) is 21.7 Å². The van der Waals surface area contributed by atoms with Crippen LogP contribution in [0.25, 0.3) is 0 Å². The number of nitrogens with one attached hydrogen (secondary N) is 1. The zero-order valence-electron chi connectivity index (χ0n) is 10.5. The first kappa shape index (κ1) is 12.9. The second-order valence-electron chi connectivity index (χ2n) is 4.15. The van der Waals surface area contributed by atoms with E-state index in [1.165, 1.54) is 0 Å². The number of ether oxygens (including phenoxy) is 1. The molecule has 0 aliphatic rings. The molecule has 2 rings (SSSR count). The van der Waals surface area contributed by atoms with Crippen molar-refractivity contribution >= 4 is 11.7 Å². The molecule has 100 valence electrons. The van der Waals surface area contributed by atoms with Crippen molar-refractivity contribution in [3.8, 4) is 5.75 Å². The van der Waals surface area contributed by atoms with E-state index in [9.17, 15) is 4.79 Å². The predicted octanol–water partition coefficient (Wildman–Crippen LogP) is 1.62. The quantitative estimate of drug-likeness (QED) is 0.710. The lowest BCUT2D eigenvalue weighted by molar-refractivity contribution is 0.0695. The Hall–Kier alpha value is -2.50. The van der Waals surface area contributed by atoms with E-state index in [0.29, 0.717) is 35.9 Å². The van der Waals surface area contributed by atoms with Gasteiger partial charge in [0, 0.05) is 23.9 Å². The van der Waals surface area contributed by atoms with Crippen molar-refractivity contribution < 1.29 is 14.6 Å². The first-order chi connectivity index (χ1) is 9.08. The van der Waals surface area contributed by atoms with Gasteiger partial charge in [-0.1, -0.05) is 6.07 Å². The summed E-state index contributed by atoms with van der Waals surface area (Å²) in [6.07, 6.45) is 0.417. The van der Waals surface area contributed by atoms with Crippen molar-refractivity contribution in [2.75, 3.05) is 12.3 Å². The van der Waals surface area contributed by atoms with E-state index in [2.05, 4.69) is 10.2 Å². The van der Waals surface area contributed by atoms with E-state index in [1.807, 2.05) is 0 Å². The molecule has 4 N–H and O–H groups in total. The van der Waals surface area contributed by atoms with E-state index in [1.54, 1.807) is 31.2 Å². The van der Waals surface area contributed by atoms with Gasteiger partial charge in [0.15, 0.2) is 0 Å². The summed E-state index contributed by atoms with van der Waals surface area (Å²) in [6.45, 7) is 2.02. The van der Waals surface area contributed by atoms with Gasteiger partial charge in [-0.15, -0.1) is 0 Å². The van der Waals surface area contributed by atoms with Crippen LogP contribution in [0.5, 0.6) is 5.75 Å². The Morgan fingerprint density at radius 3 is 3.00 bits per heavy atom. The van der Waals surface area contributed by atoms with Crippen molar-refractivity contribution in [3.63, 3.8) is 0 Å². The van der Waals surface area contributed by atoms with Gasteiger partial charge in [-0.3, -0.25) is 5.10 Å². The molecular weight excluding hydrogens is 246 g/mol. The maximum Gasteiger partial charge on any atom is 0.339 e. The Morgan fingerprint density at radius 2 is 2.32 bits per heavy atom. The average molecular weight is 261 g/mol. The summed E-state index contributed by atoms with van der Waals surface area (Å²) in [5.41, 5.74) is 7.52. The number of aryl methyl sites for hydroxylation is 1. The van der Waals surface area contributed by atoms with Crippen LogP contribution < -0.4 is 10.5 Å². The number of carboxylic acids is 1. The minimum absolute atomic E-state index is 0.219. The number of hydrogen-bond acceptors (Lipinski definition) is 4. The lowest BCUT2D eigenvalue weighted by Gasteiger charge is -2.06. The Kier molecular flexibility index (Phi) is 3.70. The van der Waals surface area contributed by atoms with Crippen molar-refractivity contribution in [1.29, 1.82) is 0 Å². The van der Waals surface area contributed by atoms with Crippen molar-refractivity contribution in [3.05, 3.63) is 41.2 Å². The fourth-order valence-corrected chi connectivity index (χ4v) is 1.81. The number of nitrogens with two attached hydrogens (primary N) is 1. The third-order valence-electron chi connectivity index (χ3n) is 2.70. The zero-order chi connectivity index (χ0) is 13.8. The number of aromatic amines is 1. The second-order valence-corrected chi connectivity index (χ2v) is 4.15. The summed E-state index contributed by atoms with van der Waals surface area (Å²) in [4.78, 5) is 11.1. The molecule has 0 amide bonds. The number of hydrogen-bond donors (Lipinski definition) is 3. The van der Waals surface area contributed by atoms with Gasteiger partial charge in [0.25, 0.3) is 0 Å². The smallest absolute Gasteiger partial charge is 0.339 e. The Labute approximate surface area is 110 Å². The van der Waals surface area contributed by atoms with Crippen LogP contribution in [-0.2, 0) is 6.42 Å². The second kappa shape index (κ2) is 5.43. The highest BCUT2D eigenvalue weighted by molar-refractivity contribution is 5.90. The molecule has 1 heterocycles. The molecule has 0 aliphatic carbocycles. The summed E-state index contributed by atoms with van der Waals surface area (Å²) in [7, 11) is 0. The Morgan fingerprint density at radius 1 is 1.53 bits per heavy atom. The molecule has 1 aromatic heterocycles. The third-order valence-corrected chi connectivity index (χ3v) is 2.70. The van der Waals surface area contributed by atoms with Crippen molar-refractivity contribution in [2.24, 2.45) is 0 Å². The number of nitrogens with zero attached hydrogens (tertiary/aromatic N) is 1. The SMILES string of the molecule is Cc1[nH]nc(CCOc2cccc(N)c2)c1C(=O)O. The van der Waals surface area contributed by atoms with Gasteiger partial charge >= 0.3 is 5.97 Å². The van der Waals surface area contributed by atoms with Crippen molar-refractivity contribution in [2.45, 2.75) is 13.3 Å². The largest absolute Gasteiger partial charge is 0.493 e. The Bertz CT molecular complexity index is 593. The maximum absolute atomic E-state index is 11.1. The van der Waals surface area contributed by atoms with Gasteiger partial charge < -0.3 is 15.6 Å². The lowest BCUT2D eigenvalue weighted by Crippen LogP contribution is -2.07. The highest BCUT2D eigenvalue weighted by atomic mass is 16.5. The molecule has 0 spiro atoms. The molecule has 0 aliphatic heterocycles. The van der Waals surface area contributed by atoms with Crippen molar-refractivity contribution in [1.82, 2.24) is 10.2 Å². The summed E-state index contributed by atoms with van der Waals surface area (Å²) in [5.74, 6) is -0.325. The number of nitrogen functional groups attached to an aromatic ring is 1. The fraction of sp³-hybridized carbons (Fsp3) is 0.231. The molecule has 19 heavy (non-hydrogen) atoms. The molecular formula is C13H15N3O3. The first-order valence-electron chi connectivity index (χ1n) is 5.83. The number of carboxylic acid groups (broad SMARTS) is 1. The average Bonchev–Trinajstić information content (AvgIpc) is 2.71. The monoisotopic (exact) mass is 261 g/mol. The number of anilines is 1. The third kappa shape index (κ3) is 3.04. The highest BCUT2D eigenvalue weighted by Crippen LogP contribution is 2.16. The molecule has 0 saturated heterocycles. The molecule has 0 radical (unpaired) electrons. The number of carbonyl (C=O) groups is 1. The van der Waals surface area contributed by atoms with Crippen LogP contribution in [-0.4, -0.2) is 27.9 Å². The van der Waals surface area contributed by atoms with Crippen LogP contribution in [0.15, 0.2) is 24.3 Å². The van der Waals surface area contributed by atoms with E-state index in [0.717, 1.165) is 0 Å². The normalized spacial score (nSPS) is 10.4. The first-order valence-corrected chi connectivity index (χ1v) is 5.83. The van der Waals surface area contributed by atoms with Crippen LogP contribution in [0.2, 0.25) is 0 Å². The van der Waals surface area contributed by atoms with E-state index in [-0.39, 0.29) is 5.56 Å². The van der Waals surface area contributed by atoms with E-state index >= 15 is 0 Å².